The summed E-state index contributed by atoms with van der Waals surface area (Å²) in [6, 6.07) is 1.99. The summed E-state index contributed by atoms with van der Waals surface area (Å²) in [6.07, 6.45) is 0.535. The largest absolute Gasteiger partial charge is 0.481 e. The van der Waals surface area contributed by atoms with Gasteiger partial charge in [0.25, 0.3) is 0 Å². The molecule has 0 radical (unpaired) electrons. The number of hydrogen-bond donors (Lipinski definition) is 2. The maximum Gasteiger partial charge on any atom is 0.303 e. The number of carbonyl (C=O) groups excluding carboxylic acids is 1. The molecule has 0 heterocycles. The van der Waals surface area contributed by atoms with Gasteiger partial charge in [0.2, 0.25) is 5.91 Å². The van der Waals surface area contributed by atoms with Gasteiger partial charge in [-0.25, -0.2) is 0 Å². The minimum absolute atomic E-state index is 0.00121. The topological polar surface area (TPSA) is 90.2 Å². The lowest BCUT2D eigenvalue weighted by Gasteiger charge is -2.04. The standard InChI is InChI=1S/C9H14N2O3/c1-7(5-10)6-11-8(12)3-2-4-9(13)14/h7H,2-4,6H2,1H3,(H,11,12)(H,13,14). The van der Waals surface area contributed by atoms with E-state index < -0.39 is 5.97 Å². The molecule has 1 amide bonds. The zero-order chi connectivity index (χ0) is 11.0. The number of nitriles is 1. The van der Waals surface area contributed by atoms with E-state index in [4.69, 9.17) is 10.4 Å². The molecule has 0 aromatic carbocycles. The second-order valence-corrected chi connectivity index (χ2v) is 3.08. The highest BCUT2D eigenvalue weighted by Gasteiger charge is 2.05. The predicted molar refractivity (Wildman–Crippen MR) is 49.3 cm³/mol. The highest BCUT2D eigenvalue weighted by molar-refractivity contribution is 5.76. The summed E-state index contributed by atoms with van der Waals surface area (Å²) in [4.78, 5) is 21.1. The Morgan fingerprint density at radius 1 is 1.50 bits per heavy atom. The summed E-state index contributed by atoms with van der Waals surface area (Å²) in [6.45, 7) is 2.03. The molecule has 0 aliphatic rings. The van der Waals surface area contributed by atoms with E-state index in [2.05, 4.69) is 5.32 Å². The van der Waals surface area contributed by atoms with Crippen LogP contribution in [-0.4, -0.2) is 23.5 Å². The number of rotatable bonds is 6. The molecule has 0 fully saturated rings. The summed E-state index contributed by atoms with van der Waals surface area (Å²) in [5, 5.41) is 19.3. The Kier molecular flexibility index (Phi) is 6.12. The maximum atomic E-state index is 11.0. The number of carbonyl (C=O) groups is 2. The number of carboxylic acids is 1. The molecule has 5 heteroatoms. The van der Waals surface area contributed by atoms with Crippen molar-refractivity contribution in [2.24, 2.45) is 5.92 Å². The lowest BCUT2D eigenvalue weighted by molar-refractivity contribution is -0.137. The molecule has 0 rings (SSSR count). The fourth-order valence-electron chi connectivity index (χ4n) is 0.801. The Labute approximate surface area is 82.7 Å². The van der Waals surface area contributed by atoms with Crippen molar-refractivity contribution < 1.29 is 14.7 Å². The van der Waals surface area contributed by atoms with Crippen LogP contribution >= 0.6 is 0 Å². The highest BCUT2D eigenvalue weighted by atomic mass is 16.4. The van der Waals surface area contributed by atoms with Gasteiger partial charge >= 0.3 is 5.97 Å². The van der Waals surface area contributed by atoms with E-state index in [-0.39, 0.29) is 24.7 Å². The van der Waals surface area contributed by atoms with Crippen LogP contribution in [0.15, 0.2) is 0 Å². The Balaban J connectivity index is 3.47. The summed E-state index contributed by atoms with van der Waals surface area (Å²) >= 11 is 0. The fraction of sp³-hybridized carbons (Fsp3) is 0.667. The molecule has 1 atom stereocenters. The van der Waals surface area contributed by atoms with Crippen molar-refractivity contribution in [3.8, 4) is 6.07 Å². The van der Waals surface area contributed by atoms with Crippen LogP contribution in [0, 0.1) is 17.2 Å². The Bertz CT molecular complexity index is 245. The van der Waals surface area contributed by atoms with Crippen LogP contribution in [0.3, 0.4) is 0 Å². The average Bonchev–Trinajstić information content (AvgIpc) is 2.13. The molecular formula is C9H14N2O3. The molecule has 0 spiro atoms. The molecule has 2 N–H and O–H groups in total. The number of hydrogen-bond acceptors (Lipinski definition) is 3. The Hall–Kier alpha value is -1.57. The van der Waals surface area contributed by atoms with Gasteiger partial charge in [0.1, 0.15) is 0 Å². The van der Waals surface area contributed by atoms with Gasteiger partial charge in [-0.3, -0.25) is 9.59 Å². The molecule has 0 aromatic heterocycles. The molecule has 0 aliphatic heterocycles. The number of aliphatic carboxylic acids is 1. The molecule has 5 nitrogen and oxygen atoms in total. The lowest BCUT2D eigenvalue weighted by Crippen LogP contribution is -2.27. The Morgan fingerprint density at radius 2 is 2.14 bits per heavy atom. The third-order valence-electron chi connectivity index (χ3n) is 1.62. The van der Waals surface area contributed by atoms with Crippen LogP contribution in [0.4, 0.5) is 0 Å². The van der Waals surface area contributed by atoms with Crippen LogP contribution in [0.1, 0.15) is 26.2 Å². The smallest absolute Gasteiger partial charge is 0.303 e. The minimum atomic E-state index is -0.900. The molecule has 0 aliphatic carbocycles. The quantitative estimate of drug-likeness (QED) is 0.650. The minimum Gasteiger partial charge on any atom is -0.481 e. The van der Waals surface area contributed by atoms with Crippen LogP contribution in [-0.2, 0) is 9.59 Å². The summed E-state index contributed by atoms with van der Waals surface area (Å²) in [5.74, 6) is -1.31. The molecule has 0 saturated carbocycles. The average molecular weight is 198 g/mol. The molecule has 1 unspecified atom stereocenters. The zero-order valence-corrected chi connectivity index (χ0v) is 8.12. The molecule has 14 heavy (non-hydrogen) atoms. The predicted octanol–water partition coefficient (Wildman–Crippen LogP) is 0.517. The van der Waals surface area contributed by atoms with Crippen molar-refractivity contribution in [2.45, 2.75) is 26.2 Å². The first-order valence-corrected chi connectivity index (χ1v) is 4.44. The summed E-state index contributed by atoms with van der Waals surface area (Å²) in [7, 11) is 0. The first-order chi connectivity index (χ1) is 6.56. The van der Waals surface area contributed by atoms with Crippen molar-refractivity contribution in [1.82, 2.24) is 5.32 Å². The Morgan fingerprint density at radius 3 is 2.64 bits per heavy atom. The SMILES string of the molecule is CC(C#N)CNC(=O)CCCC(=O)O. The van der Waals surface area contributed by atoms with Crippen LogP contribution < -0.4 is 5.32 Å². The second kappa shape index (κ2) is 6.89. The maximum absolute atomic E-state index is 11.0. The van der Waals surface area contributed by atoms with Crippen molar-refractivity contribution in [2.75, 3.05) is 6.54 Å². The van der Waals surface area contributed by atoms with Gasteiger partial charge in [0.15, 0.2) is 0 Å². The fourth-order valence-corrected chi connectivity index (χ4v) is 0.801. The molecule has 0 bridgehead atoms. The van der Waals surface area contributed by atoms with E-state index in [1.165, 1.54) is 0 Å². The third-order valence-corrected chi connectivity index (χ3v) is 1.62. The third kappa shape index (κ3) is 7.10. The van der Waals surface area contributed by atoms with Crippen molar-refractivity contribution in [3.63, 3.8) is 0 Å². The van der Waals surface area contributed by atoms with Gasteiger partial charge in [0, 0.05) is 19.4 Å². The van der Waals surface area contributed by atoms with E-state index >= 15 is 0 Å². The van der Waals surface area contributed by atoms with Crippen LogP contribution in [0.25, 0.3) is 0 Å². The molecular weight excluding hydrogens is 184 g/mol. The van der Waals surface area contributed by atoms with Gasteiger partial charge in [0.05, 0.1) is 12.0 Å². The molecule has 0 saturated heterocycles. The van der Waals surface area contributed by atoms with Gasteiger partial charge in [-0.15, -0.1) is 0 Å². The monoisotopic (exact) mass is 198 g/mol. The molecule has 0 aromatic rings. The first-order valence-electron chi connectivity index (χ1n) is 4.44. The lowest BCUT2D eigenvalue weighted by atomic mass is 10.2. The second-order valence-electron chi connectivity index (χ2n) is 3.08. The van der Waals surface area contributed by atoms with E-state index in [0.717, 1.165) is 0 Å². The number of nitrogens with one attached hydrogen (secondary N) is 1. The van der Waals surface area contributed by atoms with Crippen LogP contribution in [0.5, 0.6) is 0 Å². The summed E-state index contributed by atoms with van der Waals surface area (Å²) < 4.78 is 0. The van der Waals surface area contributed by atoms with Gasteiger partial charge in [-0.05, 0) is 13.3 Å². The van der Waals surface area contributed by atoms with Gasteiger partial charge in [-0.2, -0.15) is 5.26 Å². The van der Waals surface area contributed by atoms with E-state index in [9.17, 15) is 9.59 Å². The van der Waals surface area contributed by atoms with Crippen LogP contribution in [0.2, 0.25) is 0 Å². The summed E-state index contributed by atoms with van der Waals surface area (Å²) in [5.41, 5.74) is 0. The zero-order valence-electron chi connectivity index (χ0n) is 8.12. The molecule has 78 valence electrons. The van der Waals surface area contributed by atoms with E-state index in [0.29, 0.717) is 13.0 Å². The van der Waals surface area contributed by atoms with Gasteiger partial charge < -0.3 is 10.4 Å². The number of amides is 1. The highest BCUT2D eigenvalue weighted by Crippen LogP contribution is 1.95. The van der Waals surface area contributed by atoms with Crippen molar-refractivity contribution in [3.05, 3.63) is 0 Å². The first kappa shape index (κ1) is 12.4. The number of carboxylic acid groups (broad SMARTS) is 1. The number of nitrogens with zero attached hydrogens (tertiary/aromatic N) is 1. The van der Waals surface area contributed by atoms with E-state index in [1.807, 2.05) is 6.07 Å². The van der Waals surface area contributed by atoms with E-state index in [1.54, 1.807) is 6.92 Å². The van der Waals surface area contributed by atoms with Crippen molar-refractivity contribution >= 4 is 11.9 Å². The van der Waals surface area contributed by atoms with Crippen molar-refractivity contribution in [1.29, 1.82) is 5.26 Å². The normalized spacial score (nSPS) is 11.4. The van der Waals surface area contributed by atoms with Gasteiger partial charge in [-0.1, -0.05) is 0 Å².